The van der Waals surface area contributed by atoms with Crippen LogP contribution in [0.4, 0.5) is 5.69 Å². The Morgan fingerprint density at radius 3 is 2.52 bits per heavy atom. The SMILES string of the molecule is CN1CC(C(=O)N(CCCN2CCCCC2)c2ccccc2)CC1=O. The molecule has 1 aromatic carbocycles. The first kappa shape index (κ1) is 17.9. The summed E-state index contributed by atoms with van der Waals surface area (Å²) in [6.45, 7) is 4.66. The fourth-order valence-corrected chi connectivity index (χ4v) is 3.86. The van der Waals surface area contributed by atoms with Crippen molar-refractivity contribution in [2.75, 3.05) is 44.7 Å². The summed E-state index contributed by atoms with van der Waals surface area (Å²) in [5.41, 5.74) is 0.938. The van der Waals surface area contributed by atoms with Crippen LogP contribution in [0.25, 0.3) is 0 Å². The highest BCUT2D eigenvalue weighted by Crippen LogP contribution is 2.23. The molecule has 0 saturated carbocycles. The maximum atomic E-state index is 13.1. The number of amides is 2. The summed E-state index contributed by atoms with van der Waals surface area (Å²) < 4.78 is 0. The molecule has 5 nitrogen and oxygen atoms in total. The summed E-state index contributed by atoms with van der Waals surface area (Å²) in [6, 6.07) is 9.86. The highest BCUT2D eigenvalue weighted by molar-refractivity contribution is 5.98. The molecule has 2 aliphatic heterocycles. The van der Waals surface area contributed by atoms with Gasteiger partial charge in [-0.1, -0.05) is 24.6 Å². The van der Waals surface area contributed by atoms with Crippen LogP contribution < -0.4 is 4.90 Å². The number of carbonyl (C=O) groups is 2. The largest absolute Gasteiger partial charge is 0.345 e. The molecule has 0 aromatic heterocycles. The fourth-order valence-electron chi connectivity index (χ4n) is 3.86. The maximum absolute atomic E-state index is 13.1. The van der Waals surface area contributed by atoms with Crippen LogP contribution >= 0.6 is 0 Å². The highest BCUT2D eigenvalue weighted by atomic mass is 16.2. The first-order valence-electron chi connectivity index (χ1n) is 9.48. The van der Waals surface area contributed by atoms with Gasteiger partial charge in [0, 0.05) is 32.2 Å². The number of likely N-dealkylation sites (tertiary alicyclic amines) is 2. The Bertz CT molecular complexity index is 584. The van der Waals surface area contributed by atoms with Crippen LogP contribution in [0.2, 0.25) is 0 Å². The lowest BCUT2D eigenvalue weighted by Gasteiger charge is -2.29. The van der Waals surface area contributed by atoms with Gasteiger partial charge in [0.1, 0.15) is 0 Å². The number of benzene rings is 1. The van der Waals surface area contributed by atoms with Crippen LogP contribution in [0.15, 0.2) is 30.3 Å². The molecule has 0 spiro atoms. The summed E-state index contributed by atoms with van der Waals surface area (Å²) in [5.74, 6) is -0.0603. The van der Waals surface area contributed by atoms with Gasteiger partial charge in [-0.05, 0) is 51.0 Å². The molecule has 136 valence electrons. The fraction of sp³-hybridized carbons (Fsp3) is 0.600. The van der Waals surface area contributed by atoms with Gasteiger partial charge in [-0.25, -0.2) is 0 Å². The third-order valence-electron chi connectivity index (χ3n) is 5.33. The minimum absolute atomic E-state index is 0.0691. The van der Waals surface area contributed by atoms with Gasteiger partial charge in [0.2, 0.25) is 11.8 Å². The Morgan fingerprint density at radius 2 is 1.88 bits per heavy atom. The highest BCUT2D eigenvalue weighted by Gasteiger charge is 2.35. The first-order valence-corrected chi connectivity index (χ1v) is 9.48. The number of nitrogens with zero attached hydrogens (tertiary/aromatic N) is 3. The number of piperidine rings is 1. The molecule has 2 fully saturated rings. The summed E-state index contributed by atoms with van der Waals surface area (Å²) in [6.07, 6.45) is 5.23. The monoisotopic (exact) mass is 343 g/mol. The number of carbonyl (C=O) groups excluding carboxylic acids is 2. The molecule has 5 heteroatoms. The van der Waals surface area contributed by atoms with E-state index in [0.29, 0.717) is 19.5 Å². The molecule has 1 atom stereocenters. The molecule has 3 rings (SSSR count). The first-order chi connectivity index (χ1) is 12.1. The summed E-state index contributed by atoms with van der Waals surface area (Å²) in [4.78, 5) is 30.9. The molecule has 2 amide bonds. The molecule has 2 saturated heterocycles. The summed E-state index contributed by atoms with van der Waals surface area (Å²) in [5, 5.41) is 0. The van der Waals surface area contributed by atoms with Gasteiger partial charge in [0.05, 0.1) is 5.92 Å². The van der Waals surface area contributed by atoms with E-state index < -0.39 is 0 Å². The topological polar surface area (TPSA) is 43.9 Å². The molecule has 0 aliphatic carbocycles. The van der Waals surface area contributed by atoms with Crippen molar-refractivity contribution in [3.63, 3.8) is 0 Å². The second-order valence-electron chi connectivity index (χ2n) is 7.26. The minimum atomic E-state index is -0.215. The molecule has 0 N–H and O–H groups in total. The predicted octanol–water partition coefficient (Wildman–Crippen LogP) is 2.37. The zero-order chi connectivity index (χ0) is 17.6. The van der Waals surface area contributed by atoms with Gasteiger partial charge in [0.25, 0.3) is 0 Å². The zero-order valence-corrected chi connectivity index (χ0v) is 15.2. The molecule has 25 heavy (non-hydrogen) atoms. The Kier molecular flexibility index (Phi) is 6.08. The number of para-hydroxylation sites is 1. The van der Waals surface area contributed by atoms with Crippen LogP contribution in [-0.2, 0) is 9.59 Å². The maximum Gasteiger partial charge on any atom is 0.232 e. The quantitative estimate of drug-likeness (QED) is 0.796. The normalized spacial score (nSPS) is 21.6. The van der Waals surface area contributed by atoms with Gasteiger partial charge in [0.15, 0.2) is 0 Å². The average molecular weight is 343 g/mol. The number of hydrogen-bond donors (Lipinski definition) is 0. The molecule has 1 aromatic rings. The lowest BCUT2D eigenvalue weighted by Crippen LogP contribution is -2.39. The van der Waals surface area contributed by atoms with E-state index in [2.05, 4.69) is 4.90 Å². The predicted molar refractivity (Wildman–Crippen MR) is 99.4 cm³/mol. The molecule has 0 radical (unpaired) electrons. The minimum Gasteiger partial charge on any atom is -0.345 e. The summed E-state index contributed by atoms with van der Waals surface area (Å²) >= 11 is 0. The second kappa shape index (κ2) is 8.48. The molecule has 2 aliphatic rings. The third kappa shape index (κ3) is 4.60. The molecule has 1 unspecified atom stereocenters. The Morgan fingerprint density at radius 1 is 1.16 bits per heavy atom. The van der Waals surface area contributed by atoms with Crippen molar-refractivity contribution >= 4 is 17.5 Å². The van der Waals surface area contributed by atoms with Crippen LogP contribution in [0.3, 0.4) is 0 Å². The molecule has 2 heterocycles. The van der Waals surface area contributed by atoms with Crippen molar-refractivity contribution in [2.24, 2.45) is 5.92 Å². The summed E-state index contributed by atoms with van der Waals surface area (Å²) in [7, 11) is 1.78. The van der Waals surface area contributed by atoms with E-state index in [1.54, 1.807) is 11.9 Å². The number of hydrogen-bond acceptors (Lipinski definition) is 3. The molecular weight excluding hydrogens is 314 g/mol. The van der Waals surface area contributed by atoms with E-state index in [1.807, 2.05) is 35.2 Å². The van der Waals surface area contributed by atoms with E-state index in [9.17, 15) is 9.59 Å². The standard InChI is InChI=1S/C20H29N3O2/c1-21-16-17(15-19(21)24)20(25)23(18-9-4-2-5-10-18)14-8-13-22-11-6-3-7-12-22/h2,4-5,9-10,17H,3,6-8,11-16H2,1H3. The van der Waals surface area contributed by atoms with Crippen molar-refractivity contribution in [1.29, 1.82) is 0 Å². The Labute approximate surface area is 150 Å². The van der Waals surface area contributed by atoms with Gasteiger partial charge < -0.3 is 14.7 Å². The van der Waals surface area contributed by atoms with Crippen LogP contribution in [-0.4, -0.2) is 61.4 Å². The lowest BCUT2D eigenvalue weighted by molar-refractivity contribution is -0.127. The lowest BCUT2D eigenvalue weighted by atomic mass is 10.1. The van der Waals surface area contributed by atoms with Gasteiger partial charge in [-0.15, -0.1) is 0 Å². The average Bonchev–Trinajstić information content (AvgIpc) is 2.99. The van der Waals surface area contributed by atoms with Crippen LogP contribution in [0.1, 0.15) is 32.1 Å². The van der Waals surface area contributed by atoms with Crippen molar-refractivity contribution in [3.05, 3.63) is 30.3 Å². The second-order valence-corrected chi connectivity index (χ2v) is 7.26. The molecule has 0 bridgehead atoms. The van der Waals surface area contributed by atoms with E-state index in [-0.39, 0.29) is 17.7 Å². The number of anilines is 1. The Hall–Kier alpha value is -1.88. The van der Waals surface area contributed by atoms with Gasteiger partial charge >= 0.3 is 0 Å². The van der Waals surface area contributed by atoms with Gasteiger partial charge in [-0.2, -0.15) is 0 Å². The smallest absolute Gasteiger partial charge is 0.232 e. The van der Waals surface area contributed by atoms with E-state index >= 15 is 0 Å². The van der Waals surface area contributed by atoms with Gasteiger partial charge in [-0.3, -0.25) is 9.59 Å². The van der Waals surface area contributed by atoms with E-state index in [4.69, 9.17) is 0 Å². The van der Waals surface area contributed by atoms with E-state index in [1.165, 1.54) is 32.4 Å². The third-order valence-corrected chi connectivity index (χ3v) is 5.33. The number of rotatable bonds is 6. The van der Waals surface area contributed by atoms with Crippen molar-refractivity contribution in [1.82, 2.24) is 9.80 Å². The zero-order valence-electron chi connectivity index (χ0n) is 15.2. The van der Waals surface area contributed by atoms with Crippen LogP contribution in [0, 0.1) is 5.92 Å². The molecular formula is C20H29N3O2. The Balaban J connectivity index is 1.63. The van der Waals surface area contributed by atoms with Crippen molar-refractivity contribution in [3.8, 4) is 0 Å². The van der Waals surface area contributed by atoms with Crippen LogP contribution in [0.5, 0.6) is 0 Å². The van der Waals surface area contributed by atoms with E-state index in [0.717, 1.165) is 18.7 Å². The van der Waals surface area contributed by atoms with Crippen molar-refractivity contribution < 1.29 is 9.59 Å². The van der Waals surface area contributed by atoms with Crippen molar-refractivity contribution in [2.45, 2.75) is 32.1 Å².